The maximum atomic E-state index is 13.0. The van der Waals surface area contributed by atoms with E-state index in [4.69, 9.17) is 5.11 Å². The van der Waals surface area contributed by atoms with Crippen LogP contribution in [0.3, 0.4) is 0 Å². The summed E-state index contributed by atoms with van der Waals surface area (Å²) in [5.41, 5.74) is 0.174. The van der Waals surface area contributed by atoms with E-state index in [1.54, 1.807) is 12.1 Å². The first-order valence-corrected chi connectivity index (χ1v) is 7.11. The van der Waals surface area contributed by atoms with Crippen molar-refractivity contribution < 1.29 is 14.3 Å². The van der Waals surface area contributed by atoms with Crippen molar-refractivity contribution in [3.63, 3.8) is 0 Å². The molecular formula is C16H22FNO2. The van der Waals surface area contributed by atoms with Crippen molar-refractivity contribution in [3.8, 4) is 0 Å². The van der Waals surface area contributed by atoms with E-state index >= 15 is 0 Å². The second-order valence-electron chi connectivity index (χ2n) is 6.05. The van der Waals surface area contributed by atoms with Gasteiger partial charge in [-0.15, -0.1) is 0 Å². The van der Waals surface area contributed by atoms with Crippen LogP contribution in [0.1, 0.15) is 32.3 Å². The molecule has 1 heterocycles. The zero-order chi connectivity index (χ0) is 14.8. The van der Waals surface area contributed by atoms with E-state index in [2.05, 4.69) is 0 Å². The van der Waals surface area contributed by atoms with Gasteiger partial charge in [-0.25, -0.2) is 4.39 Å². The molecule has 1 aliphatic rings. The molecule has 0 radical (unpaired) electrons. The summed E-state index contributed by atoms with van der Waals surface area (Å²) in [6.07, 6.45) is 1.70. The Morgan fingerprint density at radius 3 is 2.35 bits per heavy atom. The van der Waals surface area contributed by atoms with E-state index < -0.39 is 5.41 Å². The molecule has 1 aromatic rings. The molecular weight excluding hydrogens is 257 g/mol. The molecule has 20 heavy (non-hydrogen) atoms. The summed E-state index contributed by atoms with van der Waals surface area (Å²) in [4.78, 5) is 14.5. The fourth-order valence-electron chi connectivity index (χ4n) is 2.70. The van der Waals surface area contributed by atoms with Crippen LogP contribution in [-0.4, -0.2) is 35.6 Å². The Morgan fingerprint density at radius 1 is 1.30 bits per heavy atom. The second kappa shape index (κ2) is 5.92. The van der Waals surface area contributed by atoms with Gasteiger partial charge in [0.05, 0.1) is 5.41 Å². The van der Waals surface area contributed by atoms with Crippen LogP contribution in [0.15, 0.2) is 24.3 Å². The number of halogens is 1. The molecule has 3 nitrogen and oxygen atoms in total. The highest BCUT2D eigenvalue weighted by Gasteiger charge is 2.35. The highest BCUT2D eigenvalue weighted by molar-refractivity contribution is 5.87. The van der Waals surface area contributed by atoms with Crippen molar-refractivity contribution in [2.24, 2.45) is 5.92 Å². The zero-order valence-corrected chi connectivity index (χ0v) is 12.1. The largest absolute Gasteiger partial charge is 0.396 e. The van der Waals surface area contributed by atoms with E-state index in [0.29, 0.717) is 19.0 Å². The molecule has 110 valence electrons. The molecule has 1 amide bonds. The molecule has 0 atom stereocenters. The minimum absolute atomic E-state index is 0.0699. The predicted octanol–water partition coefficient (Wildman–Crippen LogP) is 2.33. The van der Waals surface area contributed by atoms with Crippen LogP contribution >= 0.6 is 0 Å². The molecule has 0 aromatic heterocycles. The monoisotopic (exact) mass is 279 g/mol. The van der Waals surface area contributed by atoms with Crippen molar-refractivity contribution in [2.45, 2.75) is 32.1 Å². The number of aliphatic hydroxyl groups excluding tert-OH is 1. The summed E-state index contributed by atoms with van der Waals surface area (Å²) < 4.78 is 13.0. The van der Waals surface area contributed by atoms with Gasteiger partial charge < -0.3 is 10.0 Å². The van der Waals surface area contributed by atoms with Gasteiger partial charge in [-0.05, 0) is 50.3 Å². The van der Waals surface area contributed by atoms with Crippen LogP contribution in [0.4, 0.5) is 4.39 Å². The zero-order valence-electron chi connectivity index (χ0n) is 12.1. The minimum atomic E-state index is -0.653. The first kappa shape index (κ1) is 15.0. The van der Waals surface area contributed by atoms with Gasteiger partial charge in [-0.3, -0.25) is 4.79 Å². The van der Waals surface area contributed by atoms with Crippen molar-refractivity contribution in [2.75, 3.05) is 19.7 Å². The lowest BCUT2D eigenvalue weighted by Gasteiger charge is -2.36. The Balaban J connectivity index is 2.09. The van der Waals surface area contributed by atoms with E-state index in [-0.39, 0.29) is 18.3 Å². The number of carbonyl (C=O) groups excluding carboxylic acids is 1. The van der Waals surface area contributed by atoms with E-state index in [0.717, 1.165) is 18.4 Å². The van der Waals surface area contributed by atoms with Crippen molar-refractivity contribution in [3.05, 3.63) is 35.6 Å². The minimum Gasteiger partial charge on any atom is -0.396 e. The van der Waals surface area contributed by atoms with Gasteiger partial charge in [0.25, 0.3) is 0 Å². The quantitative estimate of drug-likeness (QED) is 0.922. The number of hydrogen-bond donors (Lipinski definition) is 1. The lowest BCUT2D eigenvalue weighted by Crippen LogP contribution is -2.47. The van der Waals surface area contributed by atoms with Gasteiger partial charge >= 0.3 is 0 Å². The standard InChI is InChI=1S/C16H22FNO2/c1-16(2,13-3-5-14(17)6-4-13)15(20)18-9-7-12(11-19)8-10-18/h3-6,12,19H,7-11H2,1-2H3. The van der Waals surface area contributed by atoms with Crippen LogP contribution < -0.4 is 0 Å². The third kappa shape index (κ3) is 3.01. The fourth-order valence-corrected chi connectivity index (χ4v) is 2.70. The average molecular weight is 279 g/mol. The van der Waals surface area contributed by atoms with E-state index in [1.165, 1.54) is 12.1 Å². The lowest BCUT2D eigenvalue weighted by atomic mass is 9.82. The Labute approximate surface area is 119 Å². The Bertz CT molecular complexity index is 462. The molecule has 1 fully saturated rings. The predicted molar refractivity (Wildman–Crippen MR) is 75.8 cm³/mol. The molecule has 0 bridgehead atoms. The number of likely N-dealkylation sites (tertiary alicyclic amines) is 1. The molecule has 2 rings (SSSR count). The Hall–Kier alpha value is -1.42. The molecule has 4 heteroatoms. The maximum absolute atomic E-state index is 13.0. The second-order valence-corrected chi connectivity index (χ2v) is 6.05. The van der Waals surface area contributed by atoms with Crippen LogP contribution in [0.25, 0.3) is 0 Å². The lowest BCUT2D eigenvalue weighted by molar-refractivity contribution is -0.137. The highest BCUT2D eigenvalue weighted by atomic mass is 19.1. The third-order valence-corrected chi connectivity index (χ3v) is 4.26. The Morgan fingerprint density at radius 2 is 1.85 bits per heavy atom. The van der Waals surface area contributed by atoms with Gasteiger partial charge in [-0.1, -0.05) is 12.1 Å². The van der Waals surface area contributed by atoms with Gasteiger partial charge in [0, 0.05) is 19.7 Å². The molecule has 0 unspecified atom stereocenters. The van der Waals surface area contributed by atoms with Crippen molar-refractivity contribution >= 4 is 5.91 Å². The molecule has 1 aliphatic heterocycles. The topological polar surface area (TPSA) is 40.5 Å². The smallest absolute Gasteiger partial charge is 0.232 e. The summed E-state index contributed by atoms with van der Waals surface area (Å²) in [6, 6.07) is 6.13. The first-order chi connectivity index (χ1) is 9.45. The summed E-state index contributed by atoms with van der Waals surface area (Å²) in [5.74, 6) is 0.0919. The summed E-state index contributed by atoms with van der Waals surface area (Å²) in [7, 11) is 0. The Kier molecular flexibility index (Phi) is 4.43. The number of aliphatic hydroxyl groups is 1. The number of carbonyl (C=O) groups is 1. The highest BCUT2D eigenvalue weighted by Crippen LogP contribution is 2.28. The summed E-state index contributed by atoms with van der Waals surface area (Å²) in [5, 5.41) is 9.14. The van der Waals surface area contributed by atoms with Gasteiger partial charge in [0.15, 0.2) is 0 Å². The average Bonchev–Trinajstić information content (AvgIpc) is 2.47. The van der Waals surface area contributed by atoms with Crippen LogP contribution in [-0.2, 0) is 10.2 Å². The van der Waals surface area contributed by atoms with Gasteiger partial charge in [-0.2, -0.15) is 0 Å². The van der Waals surface area contributed by atoms with E-state index in [9.17, 15) is 9.18 Å². The van der Waals surface area contributed by atoms with Gasteiger partial charge in [0.2, 0.25) is 5.91 Å². The molecule has 0 aliphatic carbocycles. The van der Waals surface area contributed by atoms with Crippen LogP contribution in [0.2, 0.25) is 0 Å². The molecule has 1 aromatic carbocycles. The molecule has 0 spiro atoms. The number of hydrogen-bond acceptors (Lipinski definition) is 2. The summed E-state index contributed by atoms with van der Waals surface area (Å²) in [6.45, 7) is 5.33. The number of benzene rings is 1. The fraction of sp³-hybridized carbons (Fsp3) is 0.562. The normalized spacial score (nSPS) is 17.3. The molecule has 1 saturated heterocycles. The SMILES string of the molecule is CC(C)(C(=O)N1CCC(CO)CC1)c1ccc(F)cc1. The number of piperidine rings is 1. The first-order valence-electron chi connectivity index (χ1n) is 7.11. The van der Waals surface area contributed by atoms with Crippen LogP contribution in [0.5, 0.6) is 0 Å². The third-order valence-electron chi connectivity index (χ3n) is 4.26. The van der Waals surface area contributed by atoms with Crippen LogP contribution in [0, 0.1) is 11.7 Å². The summed E-state index contributed by atoms with van der Waals surface area (Å²) >= 11 is 0. The van der Waals surface area contributed by atoms with E-state index in [1.807, 2.05) is 18.7 Å². The van der Waals surface area contributed by atoms with Crippen molar-refractivity contribution in [1.82, 2.24) is 4.90 Å². The maximum Gasteiger partial charge on any atom is 0.232 e. The van der Waals surface area contributed by atoms with Gasteiger partial charge in [0.1, 0.15) is 5.82 Å². The molecule has 1 N–H and O–H groups in total. The number of amides is 1. The van der Waals surface area contributed by atoms with Crippen molar-refractivity contribution in [1.29, 1.82) is 0 Å². The number of rotatable bonds is 3. The number of nitrogens with zero attached hydrogens (tertiary/aromatic N) is 1. The molecule has 0 saturated carbocycles.